The van der Waals surface area contributed by atoms with Crippen molar-refractivity contribution in [1.82, 2.24) is 9.80 Å². The van der Waals surface area contributed by atoms with E-state index in [1.54, 1.807) is 16.8 Å². The van der Waals surface area contributed by atoms with Crippen LogP contribution in [0, 0.1) is 11.6 Å². The van der Waals surface area contributed by atoms with Crippen LogP contribution in [0.15, 0.2) is 18.2 Å². The summed E-state index contributed by atoms with van der Waals surface area (Å²) in [6, 6.07) is 3.39. The highest BCUT2D eigenvalue weighted by Gasteiger charge is 2.35. The maximum absolute atomic E-state index is 13.2. The predicted octanol–water partition coefficient (Wildman–Crippen LogP) is 1.72. The topological polar surface area (TPSA) is 49.6 Å². The van der Waals surface area contributed by atoms with Gasteiger partial charge in [-0.3, -0.25) is 0 Å². The molecule has 4 nitrogen and oxygen atoms in total. The first kappa shape index (κ1) is 13.7. The molecule has 1 aliphatic heterocycles. The Morgan fingerprint density at radius 3 is 2.74 bits per heavy atom. The third kappa shape index (κ3) is 2.68. The second-order valence-electron chi connectivity index (χ2n) is 4.67. The maximum atomic E-state index is 13.2. The van der Waals surface area contributed by atoms with Crippen molar-refractivity contribution in [2.24, 2.45) is 5.73 Å². The number of likely N-dealkylation sites (N-methyl/N-ethyl adjacent to an activating group) is 1. The molecule has 1 aromatic rings. The number of urea groups is 1. The van der Waals surface area contributed by atoms with E-state index < -0.39 is 11.6 Å². The van der Waals surface area contributed by atoms with Gasteiger partial charge in [0.25, 0.3) is 0 Å². The van der Waals surface area contributed by atoms with Crippen LogP contribution in [-0.2, 0) is 0 Å². The molecule has 0 radical (unpaired) electrons. The fraction of sp³-hybridized carbons (Fsp3) is 0.462. The van der Waals surface area contributed by atoms with Crippen molar-refractivity contribution < 1.29 is 13.6 Å². The molecule has 1 saturated heterocycles. The molecule has 0 bridgehead atoms. The Kier molecular flexibility index (Phi) is 3.99. The molecule has 1 aromatic carbocycles. The minimum absolute atomic E-state index is 0.108. The van der Waals surface area contributed by atoms with Crippen molar-refractivity contribution in [2.45, 2.75) is 12.5 Å². The highest BCUT2D eigenvalue weighted by atomic mass is 19.2. The Hall–Kier alpha value is -1.69. The maximum Gasteiger partial charge on any atom is 0.320 e. The smallest absolute Gasteiger partial charge is 0.320 e. The van der Waals surface area contributed by atoms with Crippen LogP contribution in [0.5, 0.6) is 0 Å². The van der Waals surface area contributed by atoms with Gasteiger partial charge in [0, 0.05) is 20.1 Å². The van der Waals surface area contributed by atoms with Crippen molar-refractivity contribution in [1.29, 1.82) is 0 Å². The van der Waals surface area contributed by atoms with Crippen molar-refractivity contribution in [2.75, 3.05) is 26.7 Å². The van der Waals surface area contributed by atoms with Crippen LogP contribution in [0.3, 0.4) is 0 Å². The summed E-state index contributed by atoms with van der Waals surface area (Å²) in [5, 5.41) is 0. The number of amides is 2. The largest absolute Gasteiger partial charge is 0.330 e. The normalized spacial score (nSPS) is 19.4. The molecule has 1 atom stereocenters. The summed E-state index contributed by atoms with van der Waals surface area (Å²) >= 11 is 0. The number of carbonyl (C=O) groups is 1. The van der Waals surface area contributed by atoms with Gasteiger partial charge >= 0.3 is 6.03 Å². The fourth-order valence-electron chi connectivity index (χ4n) is 2.28. The second-order valence-corrected chi connectivity index (χ2v) is 4.67. The van der Waals surface area contributed by atoms with Gasteiger partial charge in [0.1, 0.15) is 0 Å². The average Bonchev–Trinajstić information content (AvgIpc) is 2.67. The summed E-state index contributed by atoms with van der Waals surface area (Å²) in [5.41, 5.74) is 6.03. The molecule has 0 saturated carbocycles. The molecular weight excluding hydrogens is 252 g/mol. The second kappa shape index (κ2) is 5.52. The number of benzene rings is 1. The fourth-order valence-corrected chi connectivity index (χ4v) is 2.28. The van der Waals surface area contributed by atoms with E-state index in [9.17, 15) is 13.6 Å². The van der Waals surface area contributed by atoms with Gasteiger partial charge in [-0.1, -0.05) is 6.07 Å². The highest BCUT2D eigenvalue weighted by Crippen LogP contribution is 2.28. The van der Waals surface area contributed by atoms with Crippen LogP contribution >= 0.6 is 0 Å². The van der Waals surface area contributed by atoms with Crippen molar-refractivity contribution >= 4 is 6.03 Å². The molecule has 19 heavy (non-hydrogen) atoms. The van der Waals surface area contributed by atoms with Crippen LogP contribution in [0.25, 0.3) is 0 Å². The van der Waals surface area contributed by atoms with Gasteiger partial charge in [-0.25, -0.2) is 13.6 Å². The number of hydrogen-bond donors (Lipinski definition) is 1. The lowest BCUT2D eigenvalue weighted by molar-refractivity contribution is 0.195. The molecular formula is C13H17F2N3O. The third-order valence-electron chi connectivity index (χ3n) is 3.39. The number of nitrogens with two attached hydrogens (primary N) is 1. The Balaban J connectivity index is 2.16. The molecule has 1 unspecified atom stereocenters. The Morgan fingerprint density at radius 2 is 2.11 bits per heavy atom. The number of nitrogens with zero attached hydrogens (tertiary/aromatic N) is 2. The van der Waals surface area contributed by atoms with Crippen LogP contribution < -0.4 is 5.73 Å². The average molecular weight is 269 g/mol. The van der Waals surface area contributed by atoms with Crippen LogP contribution in [-0.4, -0.2) is 42.5 Å². The molecule has 2 rings (SSSR count). The monoisotopic (exact) mass is 269 g/mol. The molecule has 1 heterocycles. The minimum Gasteiger partial charge on any atom is -0.330 e. The van der Waals surface area contributed by atoms with Gasteiger partial charge in [-0.15, -0.1) is 0 Å². The summed E-state index contributed by atoms with van der Waals surface area (Å²) in [6.45, 7) is 1.57. The van der Waals surface area contributed by atoms with E-state index in [0.717, 1.165) is 18.6 Å². The number of hydrogen-bond acceptors (Lipinski definition) is 2. The first-order valence-corrected chi connectivity index (χ1v) is 6.21. The van der Waals surface area contributed by atoms with Gasteiger partial charge in [0.15, 0.2) is 11.6 Å². The SMILES string of the molecule is CN1C(=O)N(CCCN)CC1c1ccc(F)c(F)c1. The third-order valence-corrected chi connectivity index (χ3v) is 3.39. The molecule has 0 spiro atoms. The molecule has 1 aliphatic rings. The molecule has 0 aromatic heterocycles. The lowest BCUT2D eigenvalue weighted by Crippen LogP contribution is -2.31. The van der Waals surface area contributed by atoms with E-state index in [1.807, 2.05) is 0 Å². The van der Waals surface area contributed by atoms with Crippen molar-refractivity contribution in [3.8, 4) is 0 Å². The van der Waals surface area contributed by atoms with Crippen molar-refractivity contribution in [3.05, 3.63) is 35.4 Å². The van der Waals surface area contributed by atoms with E-state index in [0.29, 0.717) is 25.2 Å². The molecule has 104 valence electrons. The summed E-state index contributed by atoms with van der Waals surface area (Å²) in [7, 11) is 1.66. The molecule has 1 fully saturated rings. The summed E-state index contributed by atoms with van der Waals surface area (Å²) in [4.78, 5) is 15.2. The minimum atomic E-state index is -0.890. The van der Waals surface area contributed by atoms with Crippen LogP contribution in [0.2, 0.25) is 0 Å². The van der Waals surface area contributed by atoms with Gasteiger partial charge in [-0.05, 0) is 30.7 Å². The standard InChI is InChI=1S/C13H17F2N3O/c1-17-12(8-18(13(17)19)6-2-5-16)9-3-4-10(14)11(15)7-9/h3-4,7,12H,2,5-6,8,16H2,1H3. The number of carbonyl (C=O) groups excluding carboxylic acids is 1. The van der Waals surface area contributed by atoms with E-state index in [-0.39, 0.29) is 12.1 Å². The quantitative estimate of drug-likeness (QED) is 0.904. The molecule has 2 amide bonds. The van der Waals surface area contributed by atoms with E-state index in [1.165, 1.54) is 6.07 Å². The van der Waals surface area contributed by atoms with Gasteiger partial charge in [0.2, 0.25) is 0 Å². The number of rotatable bonds is 4. The summed E-state index contributed by atoms with van der Waals surface area (Å²) in [5.74, 6) is -1.77. The highest BCUT2D eigenvalue weighted by molar-refractivity contribution is 5.77. The number of halogens is 2. The summed E-state index contributed by atoms with van der Waals surface area (Å²) < 4.78 is 26.2. The first-order valence-electron chi connectivity index (χ1n) is 6.21. The van der Waals surface area contributed by atoms with Crippen molar-refractivity contribution in [3.63, 3.8) is 0 Å². The van der Waals surface area contributed by atoms with Crippen LogP contribution in [0.4, 0.5) is 13.6 Å². The van der Waals surface area contributed by atoms with Gasteiger partial charge in [0.05, 0.1) is 6.04 Å². The molecule has 0 aliphatic carbocycles. The summed E-state index contributed by atoms with van der Waals surface area (Å²) in [6.07, 6.45) is 0.726. The zero-order chi connectivity index (χ0) is 14.0. The van der Waals surface area contributed by atoms with Gasteiger partial charge in [-0.2, -0.15) is 0 Å². The van der Waals surface area contributed by atoms with E-state index in [4.69, 9.17) is 5.73 Å². The first-order chi connectivity index (χ1) is 9.04. The lowest BCUT2D eigenvalue weighted by atomic mass is 10.1. The van der Waals surface area contributed by atoms with E-state index in [2.05, 4.69) is 0 Å². The van der Waals surface area contributed by atoms with Crippen LogP contribution in [0.1, 0.15) is 18.0 Å². The Bertz CT molecular complexity index is 481. The lowest BCUT2D eigenvalue weighted by Gasteiger charge is -2.18. The molecule has 2 N–H and O–H groups in total. The van der Waals surface area contributed by atoms with E-state index >= 15 is 0 Å². The Morgan fingerprint density at radius 1 is 1.37 bits per heavy atom. The van der Waals surface area contributed by atoms with Gasteiger partial charge < -0.3 is 15.5 Å². The molecule has 6 heteroatoms. The zero-order valence-corrected chi connectivity index (χ0v) is 10.8. The zero-order valence-electron chi connectivity index (χ0n) is 10.8. The Labute approximate surface area is 110 Å². The predicted molar refractivity (Wildman–Crippen MR) is 67.5 cm³/mol.